The smallest absolute Gasteiger partial charge is 0.419 e. The minimum Gasteiger partial charge on any atom is -0.476 e. The fourth-order valence-corrected chi connectivity index (χ4v) is 1.33. The molecule has 0 aliphatic carbocycles. The van der Waals surface area contributed by atoms with Crippen molar-refractivity contribution >= 4 is 5.97 Å². The first-order valence-corrected chi connectivity index (χ1v) is 4.48. The molecule has 1 unspecified atom stereocenters. The molecule has 104 valence electrons. The maximum absolute atomic E-state index is 13.0. The van der Waals surface area contributed by atoms with Crippen molar-refractivity contribution in [3.63, 3.8) is 0 Å². The fourth-order valence-electron chi connectivity index (χ4n) is 1.33. The van der Waals surface area contributed by atoms with Crippen LogP contribution in [0, 0.1) is 21.7 Å². The molecule has 0 aliphatic heterocycles. The molecule has 1 aromatic rings. The number of halogens is 5. The quantitative estimate of drug-likeness (QED) is 0.525. The maximum Gasteiger partial charge on any atom is 0.419 e. The van der Waals surface area contributed by atoms with Crippen LogP contribution in [0.4, 0.5) is 22.0 Å². The minimum absolute atomic E-state index is 0.0478. The molecule has 1 N–H and O–H groups in total. The first-order valence-electron chi connectivity index (χ1n) is 4.48. The fraction of sp³-hybridized carbons (Fsp3) is 0.222. The summed E-state index contributed by atoms with van der Waals surface area (Å²) in [5.74, 6) is -6.36. The molecule has 19 heavy (non-hydrogen) atoms. The van der Waals surface area contributed by atoms with Gasteiger partial charge in [0.1, 0.15) is 0 Å². The number of carboxylic acid groups (broad SMARTS) is 1. The predicted molar refractivity (Wildman–Crippen MR) is 48.7 cm³/mol. The van der Waals surface area contributed by atoms with Gasteiger partial charge in [-0.3, -0.25) is 10.1 Å². The van der Waals surface area contributed by atoms with Gasteiger partial charge in [0, 0.05) is 10.5 Å². The van der Waals surface area contributed by atoms with E-state index in [1.807, 2.05) is 0 Å². The number of rotatable bonds is 3. The third-order valence-electron chi connectivity index (χ3n) is 2.12. The SMILES string of the molecule is O=C(O)C(c1cc(F)c(F)c(C(F)(F)F)c1)[N+](=O)[O-]. The van der Waals surface area contributed by atoms with Gasteiger partial charge in [-0.05, 0) is 12.1 Å². The number of carboxylic acids is 1. The van der Waals surface area contributed by atoms with E-state index >= 15 is 0 Å². The number of nitrogens with zero attached hydrogens (tertiary/aromatic N) is 1. The largest absolute Gasteiger partial charge is 0.476 e. The monoisotopic (exact) mass is 285 g/mol. The Bertz CT molecular complexity index is 528. The van der Waals surface area contributed by atoms with Crippen LogP contribution in [-0.4, -0.2) is 16.0 Å². The molecule has 0 amide bonds. The van der Waals surface area contributed by atoms with Gasteiger partial charge in [0.15, 0.2) is 11.6 Å². The lowest BCUT2D eigenvalue weighted by atomic mass is 10.0. The van der Waals surface area contributed by atoms with Crippen LogP contribution in [0.5, 0.6) is 0 Å². The number of aliphatic carboxylic acids is 1. The minimum atomic E-state index is -5.30. The number of carbonyl (C=O) groups is 1. The number of alkyl halides is 3. The van der Waals surface area contributed by atoms with Crippen LogP contribution in [-0.2, 0) is 11.0 Å². The van der Waals surface area contributed by atoms with E-state index in [0.717, 1.165) is 0 Å². The van der Waals surface area contributed by atoms with E-state index in [2.05, 4.69) is 0 Å². The Labute approximate surface area is 101 Å². The lowest BCUT2D eigenvalue weighted by Crippen LogP contribution is -2.22. The summed E-state index contributed by atoms with van der Waals surface area (Å²) >= 11 is 0. The second kappa shape index (κ2) is 4.78. The highest BCUT2D eigenvalue weighted by atomic mass is 19.4. The molecule has 0 spiro atoms. The second-order valence-electron chi connectivity index (χ2n) is 3.39. The zero-order valence-corrected chi connectivity index (χ0v) is 8.74. The lowest BCUT2D eigenvalue weighted by molar-refractivity contribution is -0.516. The lowest BCUT2D eigenvalue weighted by Gasteiger charge is -2.11. The maximum atomic E-state index is 13.0. The third kappa shape index (κ3) is 2.95. The van der Waals surface area contributed by atoms with Crippen LogP contribution in [0.15, 0.2) is 12.1 Å². The summed E-state index contributed by atoms with van der Waals surface area (Å²) in [4.78, 5) is 19.6. The first-order chi connectivity index (χ1) is 8.55. The standard InChI is InChI=1S/C9H4F5NO4/c10-5-2-3(7(8(16)17)15(18)19)1-4(6(5)11)9(12,13)14/h1-2,7H,(H,16,17). The molecule has 1 atom stereocenters. The van der Waals surface area contributed by atoms with Crippen molar-refractivity contribution in [2.24, 2.45) is 0 Å². The Hall–Kier alpha value is -2.26. The first kappa shape index (κ1) is 14.8. The average molecular weight is 285 g/mol. The van der Waals surface area contributed by atoms with Gasteiger partial charge < -0.3 is 5.11 Å². The summed E-state index contributed by atoms with van der Waals surface area (Å²) < 4.78 is 62.9. The zero-order valence-electron chi connectivity index (χ0n) is 8.74. The van der Waals surface area contributed by atoms with Crippen molar-refractivity contribution in [3.05, 3.63) is 45.0 Å². The molecular weight excluding hydrogens is 281 g/mol. The van der Waals surface area contributed by atoms with Gasteiger partial charge in [-0.1, -0.05) is 0 Å². The van der Waals surface area contributed by atoms with Crippen LogP contribution in [0.2, 0.25) is 0 Å². The highest BCUT2D eigenvalue weighted by molar-refractivity contribution is 5.74. The molecule has 1 rings (SSSR count). The number of nitro groups is 1. The third-order valence-corrected chi connectivity index (χ3v) is 2.12. The summed E-state index contributed by atoms with van der Waals surface area (Å²) in [5, 5.41) is 18.9. The van der Waals surface area contributed by atoms with Crippen molar-refractivity contribution in [1.82, 2.24) is 0 Å². The van der Waals surface area contributed by atoms with Gasteiger partial charge in [0.05, 0.1) is 5.56 Å². The summed E-state index contributed by atoms with van der Waals surface area (Å²) in [5.41, 5.74) is -3.21. The molecule has 0 radical (unpaired) electrons. The van der Waals surface area contributed by atoms with Gasteiger partial charge in [-0.25, -0.2) is 13.6 Å². The molecule has 0 saturated carbocycles. The average Bonchev–Trinajstić information content (AvgIpc) is 2.20. The summed E-state index contributed by atoms with van der Waals surface area (Å²) in [7, 11) is 0. The zero-order chi connectivity index (χ0) is 15.0. The van der Waals surface area contributed by atoms with Crippen LogP contribution in [0.1, 0.15) is 17.2 Å². The van der Waals surface area contributed by atoms with Crippen molar-refractivity contribution in [3.8, 4) is 0 Å². The molecule has 0 aromatic heterocycles. The van der Waals surface area contributed by atoms with Crippen molar-refractivity contribution in [2.75, 3.05) is 0 Å². The Balaban J connectivity index is 3.51. The molecule has 0 saturated heterocycles. The van der Waals surface area contributed by atoms with Crippen molar-refractivity contribution in [2.45, 2.75) is 12.2 Å². The summed E-state index contributed by atoms with van der Waals surface area (Å²) in [6.07, 6.45) is -5.30. The van der Waals surface area contributed by atoms with Gasteiger partial charge in [-0.15, -0.1) is 0 Å². The topological polar surface area (TPSA) is 80.4 Å². The van der Waals surface area contributed by atoms with Crippen molar-refractivity contribution < 1.29 is 36.8 Å². The summed E-state index contributed by atoms with van der Waals surface area (Å²) in [6.45, 7) is 0. The Morgan fingerprint density at radius 3 is 2.21 bits per heavy atom. The molecule has 0 bridgehead atoms. The molecular formula is C9H4F5NO4. The molecule has 1 aromatic carbocycles. The molecule has 0 aliphatic rings. The van der Waals surface area contributed by atoms with E-state index in [-0.39, 0.29) is 12.1 Å². The van der Waals surface area contributed by atoms with E-state index < -0.39 is 45.9 Å². The van der Waals surface area contributed by atoms with Crippen LogP contribution in [0.25, 0.3) is 0 Å². The van der Waals surface area contributed by atoms with Gasteiger partial charge in [-0.2, -0.15) is 13.2 Å². The normalized spacial score (nSPS) is 13.1. The van der Waals surface area contributed by atoms with E-state index in [0.29, 0.717) is 0 Å². The van der Waals surface area contributed by atoms with Gasteiger partial charge in [0.2, 0.25) is 0 Å². The Morgan fingerprint density at radius 2 is 1.84 bits per heavy atom. The highest BCUT2D eigenvalue weighted by Crippen LogP contribution is 2.34. The van der Waals surface area contributed by atoms with E-state index in [1.54, 1.807) is 0 Å². The molecule has 0 heterocycles. The predicted octanol–water partition coefficient (Wildman–Crippen LogP) is 2.39. The second-order valence-corrected chi connectivity index (χ2v) is 3.39. The van der Waals surface area contributed by atoms with Crippen LogP contribution < -0.4 is 0 Å². The van der Waals surface area contributed by atoms with E-state index in [1.165, 1.54) is 0 Å². The molecule has 0 fully saturated rings. The number of hydrogen-bond acceptors (Lipinski definition) is 3. The summed E-state index contributed by atoms with van der Waals surface area (Å²) in [6, 6.07) is -2.66. The van der Waals surface area contributed by atoms with Crippen LogP contribution >= 0.6 is 0 Å². The Morgan fingerprint density at radius 1 is 1.32 bits per heavy atom. The van der Waals surface area contributed by atoms with Crippen LogP contribution in [0.3, 0.4) is 0 Å². The molecule has 5 nitrogen and oxygen atoms in total. The van der Waals surface area contributed by atoms with Crippen molar-refractivity contribution in [1.29, 1.82) is 0 Å². The molecule has 10 heteroatoms. The highest BCUT2D eigenvalue weighted by Gasteiger charge is 2.40. The van der Waals surface area contributed by atoms with E-state index in [4.69, 9.17) is 5.11 Å². The number of hydrogen-bond donors (Lipinski definition) is 1. The number of benzene rings is 1. The van der Waals surface area contributed by atoms with Gasteiger partial charge >= 0.3 is 18.2 Å². The Kier molecular flexibility index (Phi) is 3.73. The van der Waals surface area contributed by atoms with E-state index in [9.17, 15) is 36.9 Å². The van der Waals surface area contributed by atoms with Gasteiger partial charge in [0.25, 0.3) is 0 Å².